The summed E-state index contributed by atoms with van der Waals surface area (Å²) in [4.78, 5) is 25.5. The van der Waals surface area contributed by atoms with E-state index in [1.54, 1.807) is 18.3 Å². The van der Waals surface area contributed by atoms with Crippen LogP contribution in [0.5, 0.6) is 0 Å². The van der Waals surface area contributed by atoms with E-state index in [9.17, 15) is 4.79 Å². The molecule has 1 aliphatic carbocycles. The third kappa shape index (κ3) is 5.00. The lowest BCUT2D eigenvalue weighted by Crippen LogP contribution is -2.33. The van der Waals surface area contributed by atoms with Gasteiger partial charge in [0.15, 0.2) is 0 Å². The SMILES string of the molecule is O=C(NCc1ccc(Cl)cc1Cl)c1cnc(N2CCCC2)nc1C1(c2ccc(Cl)cc2)CCCC1. The van der Waals surface area contributed by atoms with Crippen LogP contribution in [0.2, 0.25) is 15.1 Å². The molecule has 1 N–H and O–H groups in total. The van der Waals surface area contributed by atoms with Crippen LogP contribution < -0.4 is 10.2 Å². The molecular formula is C27H27Cl3N4O. The van der Waals surface area contributed by atoms with Crippen molar-refractivity contribution in [1.29, 1.82) is 0 Å². The molecule has 1 amide bonds. The van der Waals surface area contributed by atoms with Crippen LogP contribution in [0.1, 0.15) is 65.7 Å². The molecule has 35 heavy (non-hydrogen) atoms. The highest BCUT2D eigenvalue weighted by atomic mass is 35.5. The molecule has 1 saturated heterocycles. The summed E-state index contributed by atoms with van der Waals surface area (Å²) in [6.07, 6.45) is 7.96. The molecule has 0 radical (unpaired) electrons. The predicted octanol–water partition coefficient (Wildman–Crippen LogP) is 6.83. The molecule has 0 spiro atoms. The Morgan fingerprint density at radius 2 is 1.63 bits per heavy atom. The minimum Gasteiger partial charge on any atom is -0.348 e. The van der Waals surface area contributed by atoms with Crippen molar-refractivity contribution in [2.75, 3.05) is 18.0 Å². The number of anilines is 1. The van der Waals surface area contributed by atoms with Crippen molar-refractivity contribution in [2.24, 2.45) is 0 Å². The van der Waals surface area contributed by atoms with E-state index in [0.717, 1.165) is 68.4 Å². The maximum atomic E-state index is 13.5. The first kappa shape index (κ1) is 24.4. The second kappa shape index (κ2) is 10.3. The number of rotatable bonds is 6. The molecule has 1 saturated carbocycles. The first-order valence-electron chi connectivity index (χ1n) is 12.1. The fourth-order valence-electron chi connectivity index (χ4n) is 5.32. The van der Waals surface area contributed by atoms with Crippen LogP contribution >= 0.6 is 34.8 Å². The van der Waals surface area contributed by atoms with E-state index in [0.29, 0.717) is 26.6 Å². The Balaban J connectivity index is 1.54. The zero-order chi connectivity index (χ0) is 24.4. The predicted molar refractivity (Wildman–Crippen MR) is 142 cm³/mol. The summed E-state index contributed by atoms with van der Waals surface area (Å²) in [5.41, 5.74) is 2.89. The lowest BCUT2D eigenvalue weighted by molar-refractivity contribution is 0.0947. The zero-order valence-electron chi connectivity index (χ0n) is 19.4. The normalized spacial score (nSPS) is 17.1. The Hall–Kier alpha value is -2.34. The fraction of sp³-hybridized carbons (Fsp3) is 0.370. The number of benzene rings is 2. The van der Waals surface area contributed by atoms with E-state index in [2.05, 4.69) is 27.3 Å². The number of nitrogens with one attached hydrogen (secondary N) is 1. The summed E-state index contributed by atoms with van der Waals surface area (Å²) in [6, 6.07) is 13.2. The van der Waals surface area contributed by atoms with Crippen LogP contribution in [0.3, 0.4) is 0 Å². The van der Waals surface area contributed by atoms with Crippen molar-refractivity contribution in [2.45, 2.75) is 50.5 Å². The van der Waals surface area contributed by atoms with Crippen LogP contribution in [0, 0.1) is 0 Å². The molecule has 2 aliphatic rings. The summed E-state index contributed by atoms with van der Waals surface area (Å²) in [5, 5.41) is 4.80. The third-order valence-corrected chi connectivity index (χ3v) is 8.01. The molecule has 0 bridgehead atoms. The molecule has 1 aliphatic heterocycles. The summed E-state index contributed by atoms with van der Waals surface area (Å²) in [7, 11) is 0. The summed E-state index contributed by atoms with van der Waals surface area (Å²) in [6.45, 7) is 2.16. The number of carbonyl (C=O) groups is 1. The maximum absolute atomic E-state index is 13.5. The molecule has 1 aromatic heterocycles. The third-order valence-electron chi connectivity index (χ3n) is 7.17. The quantitative estimate of drug-likeness (QED) is 0.380. The first-order chi connectivity index (χ1) is 17.0. The zero-order valence-corrected chi connectivity index (χ0v) is 21.6. The molecular weight excluding hydrogens is 503 g/mol. The van der Waals surface area contributed by atoms with Gasteiger partial charge in [-0.3, -0.25) is 4.79 Å². The van der Waals surface area contributed by atoms with Gasteiger partial charge in [0.1, 0.15) is 0 Å². The molecule has 0 atom stereocenters. The highest BCUT2D eigenvalue weighted by molar-refractivity contribution is 6.35. The second-order valence-corrected chi connectivity index (χ2v) is 10.6. The first-order valence-corrected chi connectivity index (χ1v) is 13.2. The number of halogens is 3. The molecule has 0 unspecified atom stereocenters. The van der Waals surface area contributed by atoms with Crippen molar-refractivity contribution >= 4 is 46.7 Å². The molecule has 2 fully saturated rings. The van der Waals surface area contributed by atoms with Crippen LogP contribution in [-0.2, 0) is 12.0 Å². The van der Waals surface area contributed by atoms with Crippen molar-refractivity contribution in [3.05, 3.63) is 86.1 Å². The van der Waals surface area contributed by atoms with Crippen molar-refractivity contribution in [3.8, 4) is 0 Å². The average Bonchev–Trinajstić information content (AvgIpc) is 3.57. The maximum Gasteiger partial charge on any atom is 0.255 e. The Bertz CT molecular complexity index is 1220. The van der Waals surface area contributed by atoms with Gasteiger partial charge in [-0.25, -0.2) is 9.97 Å². The number of hydrogen-bond acceptors (Lipinski definition) is 4. The number of nitrogens with zero attached hydrogens (tertiary/aromatic N) is 3. The minimum atomic E-state index is -0.355. The molecule has 5 nitrogen and oxygen atoms in total. The van der Waals surface area contributed by atoms with Gasteiger partial charge in [0, 0.05) is 46.3 Å². The summed E-state index contributed by atoms with van der Waals surface area (Å²) < 4.78 is 0. The van der Waals surface area contributed by atoms with Gasteiger partial charge >= 0.3 is 0 Å². The molecule has 2 aromatic carbocycles. The molecule has 2 heterocycles. The van der Waals surface area contributed by atoms with Gasteiger partial charge in [0.05, 0.1) is 11.3 Å². The Kier molecular flexibility index (Phi) is 7.19. The summed E-state index contributed by atoms with van der Waals surface area (Å²) >= 11 is 18.6. The van der Waals surface area contributed by atoms with E-state index in [-0.39, 0.29) is 17.9 Å². The Morgan fingerprint density at radius 1 is 0.943 bits per heavy atom. The van der Waals surface area contributed by atoms with Crippen LogP contribution in [0.4, 0.5) is 5.95 Å². The molecule has 5 rings (SSSR count). The average molecular weight is 530 g/mol. The number of amides is 1. The Morgan fingerprint density at radius 3 is 2.31 bits per heavy atom. The van der Waals surface area contributed by atoms with Crippen LogP contribution in [0.25, 0.3) is 0 Å². The second-order valence-electron chi connectivity index (χ2n) is 9.34. The van der Waals surface area contributed by atoms with Gasteiger partial charge in [-0.15, -0.1) is 0 Å². The van der Waals surface area contributed by atoms with Gasteiger partial charge < -0.3 is 10.2 Å². The van der Waals surface area contributed by atoms with Gasteiger partial charge in [-0.1, -0.05) is 65.8 Å². The van der Waals surface area contributed by atoms with E-state index >= 15 is 0 Å². The van der Waals surface area contributed by atoms with E-state index in [1.807, 2.05) is 18.2 Å². The lowest BCUT2D eigenvalue weighted by atomic mass is 9.74. The van der Waals surface area contributed by atoms with Crippen molar-refractivity contribution < 1.29 is 4.79 Å². The Labute approximate surface area is 220 Å². The molecule has 182 valence electrons. The lowest BCUT2D eigenvalue weighted by Gasteiger charge is -2.32. The molecule has 8 heteroatoms. The number of carbonyl (C=O) groups excluding carboxylic acids is 1. The van der Waals surface area contributed by atoms with E-state index in [1.165, 1.54) is 0 Å². The van der Waals surface area contributed by atoms with Gasteiger partial charge in [0.2, 0.25) is 5.95 Å². The van der Waals surface area contributed by atoms with Crippen molar-refractivity contribution in [1.82, 2.24) is 15.3 Å². The number of aromatic nitrogens is 2. The van der Waals surface area contributed by atoms with Gasteiger partial charge in [0.25, 0.3) is 5.91 Å². The topological polar surface area (TPSA) is 58.1 Å². The highest BCUT2D eigenvalue weighted by Gasteiger charge is 2.42. The largest absolute Gasteiger partial charge is 0.348 e. The van der Waals surface area contributed by atoms with Crippen molar-refractivity contribution in [3.63, 3.8) is 0 Å². The van der Waals surface area contributed by atoms with Gasteiger partial charge in [-0.2, -0.15) is 0 Å². The molecule has 3 aromatic rings. The standard InChI is InChI=1S/C27H27Cl3N4O/c28-20-9-6-19(7-10-20)27(11-1-2-12-27)24-22(17-32-26(33-24)34-13-3-4-14-34)25(35)31-16-18-5-8-21(29)15-23(18)30/h5-10,15,17H,1-4,11-14,16H2,(H,31,35). The fourth-order valence-corrected chi connectivity index (χ4v) is 5.92. The van der Waals surface area contributed by atoms with Crippen LogP contribution in [0.15, 0.2) is 48.7 Å². The van der Waals surface area contributed by atoms with Gasteiger partial charge in [-0.05, 0) is 61.1 Å². The highest BCUT2D eigenvalue weighted by Crippen LogP contribution is 2.47. The number of hydrogen-bond donors (Lipinski definition) is 1. The summed E-state index contributed by atoms with van der Waals surface area (Å²) in [5.74, 6) is 0.495. The van der Waals surface area contributed by atoms with E-state index in [4.69, 9.17) is 39.8 Å². The minimum absolute atomic E-state index is 0.209. The van der Waals surface area contributed by atoms with E-state index < -0.39 is 0 Å². The van der Waals surface area contributed by atoms with Crippen LogP contribution in [-0.4, -0.2) is 29.0 Å². The smallest absolute Gasteiger partial charge is 0.255 e. The monoisotopic (exact) mass is 528 g/mol.